The first kappa shape index (κ1) is 14.8. The van der Waals surface area contributed by atoms with Crippen molar-refractivity contribution in [3.8, 4) is 11.5 Å². The van der Waals surface area contributed by atoms with Gasteiger partial charge in [0.15, 0.2) is 0 Å². The van der Waals surface area contributed by atoms with E-state index in [4.69, 9.17) is 20.6 Å². The number of nitrogens with one attached hydrogen (secondary N) is 1. The lowest BCUT2D eigenvalue weighted by Crippen LogP contribution is -2.11. The van der Waals surface area contributed by atoms with E-state index in [2.05, 4.69) is 0 Å². The van der Waals surface area contributed by atoms with Crippen LogP contribution in [0.25, 0.3) is 0 Å². The van der Waals surface area contributed by atoms with Crippen molar-refractivity contribution in [2.24, 2.45) is 5.73 Å². The molecule has 0 aliphatic heterocycles. The number of methoxy groups -OCH3 is 1. The number of halogens is 1. The molecule has 4 nitrogen and oxygen atoms in total. The van der Waals surface area contributed by atoms with Crippen LogP contribution in [0.5, 0.6) is 11.5 Å². The number of rotatable bonds is 5. The Morgan fingerprint density at radius 2 is 1.90 bits per heavy atom. The van der Waals surface area contributed by atoms with Gasteiger partial charge in [-0.1, -0.05) is 6.07 Å². The summed E-state index contributed by atoms with van der Waals surface area (Å²) in [6.07, 6.45) is 0. The second-order valence-electron chi connectivity index (χ2n) is 4.67. The highest BCUT2D eigenvalue weighted by Crippen LogP contribution is 2.24. The molecule has 0 amide bonds. The van der Waals surface area contributed by atoms with Crippen molar-refractivity contribution >= 4 is 5.84 Å². The van der Waals surface area contributed by atoms with Gasteiger partial charge in [0.1, 0.15) is 29.8 Å². The lowest BCUT2D eigenvalue weighted by atomic mass is 10.1. The van der Waals surface area contributed by atoms with Gasteiger partial charge >= 0.3 is 0 Å². The van der Waals surface area contributed by atoms with E-state index in [9.17, 15) is 4.39 Å². The zero-order chi connectivity index (χ0) is 15.4. The molecule has 2 rings (SSSR count). The summed E-state index contributed by atoms with van der Waals surface area (Å²) in [6.45, 7) is 2.13. The van der Waals surface area contributed by atoms with E-state index in [-0.39, 0.29) is 11.7 Å². The van der Waals surface area contributed by atoms with E-state index >= 15 is 0 Å². The molecule has 2 aromatic carbocycles. The first-order chi connectivity index (χ1) is 9.99. The number of hydrogen-bond acceptors (Lipinski definition) is 3. The average Bonchev–Trinajstić information content (AvgIpc) is 2.46. The molecular weight excluding hydrogens is 271 g/mol. The molecule has 0 saturated heterocycles. The van der Waals surface area contributed by atoms with Crippen molar-refractivity contribution in [3.05, 3.63) is 58.9 Å². The lowest BCUT2D eigenvalue weighted by molar-refractivity contribution is 0.302. The highest BCUT2D eigenvalue weighted by molar-refractivity contribution is 5.95. The number of amidine groups is 1. The fourth-order valence-corrected chi connectivity index (χ4v) is 1.91. The number of benzene rings is 2. The molecule has 0 aliphatic rings. The average molecular weight is 288 g/mol. The van der Waals surface area contributed by atoms with Gasteiger partial charge in [0, 0.05) is 11.6 Å². The molecule has 0 radical (unpaired) electrons. The van der Waals surface area contributed by atoms with Gasteiger partial charge in [-0.15, -0.1) is 0 Å². The summed E-state index contributed by atoms with van der Waals surface area (Å²) in [5, 5.41) is 7.48. The molecule has 0 saturated carbocycles. The monoisotopic (exact) mass is 288 g/mol. The van der Waals surface area contributed by atoms with E-state index in [0.717, 1.165) is 11.1 Å². The summed E-state index contributed by atoms with van der Waals surface area (Å²) in [5.41, 5.74) is 7.73. The van der Waals surface area contributed by atoms with Crippen LogP contribution in [0.2, 0.25) is 0 Å². The summed E-state index contributed by atoms with van der Waals surface area (Å²) in [5.74, 6) is 0.782. The van der Waals surface area contributed by atoms with Crippen LogP contribution >= 0.6 is 0 Å². The van der Waals surface area contributed by atoms with Crippen LogP contribution in [0.4, 0.5) is 4.39 Å². The Morgan fingerprint density at radius 1 is 1.19 bits per heavy atom. The van der Waals surface area contributed by atoms with Crippen LogP contribution in [0.1, 0.15) is 16.7 Å². The molecule has 110 valence electrons. The largest absolute Gasteiger partial charge is 0.497 e. The van der Waals surface area contributed by atoms with E-state index in [1.165, 1.54) is 19.2 Å². The zero-order valence-corrected chi connectivity index (χ0v) is 11.9. The van der Waals surface area contributed by atoms with Gasteiger partial charge in [0.2, 0.25) is 0 Å². The third-order valence-electron chi connectivity index (χ3n) is 3.13. The summed E-state index contributed by atoms with van der Waals surface area (Å²) in [4.78, 5) is 0. The molecule has 0 aliphatic carbocycles. The van der Waals surface area contributed by atoms with Crippen LogP contribution in [-0.4, -0.2) is 12.9 Å². The maximum atomic E-state index is 13.1. The third kappa shape index (κ3) is 3.72. The quantitative estimate of drug-likeness (QED) is 0.656. The van der Waals surface area contributed by atoms with Gasteiger partial charge in [0.05, 0.1) is 7.11 Å². The van der Waals surface area contributed by atoms with Crippen molar-refractivity contribution in [1.29, 1.82) is 5.41 Å². The minimum absolute atomic E-state index is 0.0586. The van der Waals surface area contributed by atoms with Crippen molar-refractivity contribution in [3.63, 3.8) is 0 Å². The molecule has 2 aromatic rings. The second-order valence-corrected chi connectivity index (χ2v) is 4.67. The van der Waals surface area contributed by atoms with Gasteiger partial charge < -0.3 is 15.2 Å². The van der Waals surface area contributed by atoms with Crippen molar-refractivity contribution < 1.29 is 13.9 Å². The normalized spacial score (nSPS) is 10.2. The standard InChI is InChI=1S/C16H17FN2O2/c1-10-5-13(17)4-3-11(10)9-21-15-7-12(16(18)19)6-14(8-15)20-2/h3-8H,9H2,1-2H3,(H3,18,19). The molecule has 0 bridgehead atoms. The van der Waals surface area contributed by atoms with Gasteiger partial charge in [-0.05, 0) is 42.3 Å². The Balaban J connectivity index is 2.19. The maximum Gasteiger partial charge on any atom is 0.124 e. The molecule has 21 heavy (non-hydrogen) atoms. The topological polar surface area (TPSA) is 68.3 Å². The predicted molar refractivity (Wildman–Crippen MR) is 79.5 cm³/mol. The third-order valence-corrected chi connectivity index (χ3v) is 3.13. The Bertz CT molecular complexity index is 671. The predicted octanol–water partition coefficient (Wildman–Crippen LogP) is 3.01. The SMILES string of the molecule is COc1cc(OCc2ccc(F)cc2C)cc(C(=N)N)c1. The minimum atomic E-state index is -0.267. The van der Waals surface area contributed by atoms with Crippen LogP contribution in [0.3, 0.4) is 0 Å². The molecule has 5 heteroatoms. The summed E-state index contributed by atoms with van der Waals surface area (Å²) >= 11 is 0. The summed E-state index contributed by atoms with van der Waals surface area (Å²) in [6, 6.07) is 9.60. The highest BCUT2D eigenvalue weighted by atomic mass is 19.1. The van der Waals surface area contributed by atoms with Crippen LogP contribution < -0.4 is 15.2 Å². The maximum absolute atomic E-state index is 13.1. The van der Waals surface area contributed by atoms with Crippen LogP contribution in [0, 0.1) is 18.2 Å². The van der Waals surface area contributed by atoms with Gasteiger partial charge in [-0.2, -0.15) is 0 Å². The molecular formula is C16H17FN2O2. The second kappa shape index (κ2) is 6.26. The van der Waals surface area contributed by atoms with E-state index in [1.807, 2.05) is 6.92 Å². The molecule has 3 N–H and O–H groups in total. The van der Waals surface area contributed by atoms with Crippen LogP contribution in [0.15, 0.2) is 36.4 Å². The molecule has 0 spiro atoms. The Labute approximate surface area is 122 Å². The van der Waals surface area contributed by atoms with Crippen molar-refractivity contribution in [2.75, 3.05) is 7.11 Å². The van der Waals surface area contributed by atoms with Crippen LogP contribution in [-0.2, 0) is 6.61 Å². The zero-order valence-electron chi connectivity index (χ0n) is 11.9. The summed E-state index contributed by atoms with van der Waals surface area (Å²) < 4.78 is 23.9. The van der Waals surface area contributed by atoms with Gasteiger partial charge in [-0.3, -0.25) is 5.41 Å². The van der Waals surface area contributed by atoms with E-state index in [0.29, 0.717) is 23.7 Å². The molecule has 0 atom stereocenters. The smallest absolute Gasteiger partial charge is 0.124 e. The first-order valence-electron chi connectivity index (χ1n) is 6.41. The molecule has 0 aromatic heterocycles. The minimum Gasteiger partial charge on any atom is -0.497 e. The Kier molecular flexibility index (Phi) is 4.42. The molecule has 0 heterocycles. The van der Waals surface area contributed by atoms with E-state index in [1.54, 1.807) is 24.3 Å². The number of nitrogen functional groups attached to an aromatic ring is 1. The molecule has 0 fully saturated rings. The van der Waals surface area contributed by atoms with Crippen molar-refractivity contribution in [1.82, 2.24) is 0 Å². The molecule has 0 unspecified atom stereocenters. The fraction of sp³-hybridized carbons (Fsp3) is 0.188. The van der Waals surface area contributed by atoms with Gasteiger partial charge in [0.25, 0.3) is 0 Å². The van der Waals surface area contributed by atoms with Crippen molar-refractivity contribution in [2.45, 2.75) is 13.5 Å². The van der Waals surface area contributed by atoms with Gasteiger partial charge in [-0.25, -0.2) is 4.39 Å². The Hall–Kier alpha value is -2.56. The Morgan fingerprint density at radius 3 is 2.52 bits per heavy atom. The highest BCUT2D eigenvalue weighted by Gasteiger charge is 2.06. The number of hydrogen-bond donors (Lipinski definition) is 2. The first-order valence-corrected chi connectivity index (χ1v) is 6.41. The lowest BCUT2D eigenvalue weighted by Gasteiger charge is -2.11. The summed E-state index contributed by atoms with van der Waals surface area (Å²) in [7, 11) is 1.53. The van der Waals surface area contributed by atoms with E-state index < -0.39 is 0 Å². The number of ether oxygens (including phenoxy) is 2. The fourth-order valence-electron chi connectivity index (χ4n) is 1.91. The number of aryl methyl sites for hydroxylation is 1. The number of nitrogens with two attached hydrogens (primary N) is 1.